The molecule has 1 fully saturated rings. The minimum atomic E-state index is 0.599. The van der Waals surface area contributed by atoms with Gasteiger partial charge in [0.25, 0.3) is 0 Å². The third-order valence-electron chi connectivity index (χ3n) is 4.10. The molecule has 2 aromatic rings. The molecular formula is C19H22N2. The summed E-state index contributed by atoms with van der Waals surface area (Å²) in [6, 6.07) is 19.4. The van der Waals surface area contributed by atoms with E-state index >= 15 is 0 Å². The van der Waals surface area contributed by atoms with Crippen LogP contribution in [0.1, 0.15) is 29.5 Å². The monoisotopic (exact) mass is 278 g/mol. The van der Waals surface area contributed by atoms with Gasteiger partial charge in [0.05, 0.1) is 0 Å². The van der Waals surface area contributed by atoms with E-state index in [1.165, 1.54) is 22.3 Å². The molecule has 0 unspecified atom stereocenters. The van der Waals surface area contributed by atoms with Gasteiger partial charge >= 0.3 is 0 Å². The fourth-order valence-corrected chi connectivity index (χ4v) is 2.97. The van der Waals surface area contributed by atoms with Crippen molar-refractivity contribution < 1.29 is 0 Å². The van der Waals surface area contributed by atoms with Crippen LogP contribution in [-0.4, -0.2) is 13.1 Å². The van der Waals surface area contributed by atoms with E-state index in [1.807, 2.05) is 0 Å². The molecule has 2 heteroatoms. The molecule has 0 atom stereocenters. The van der Waals surface area contributed by atoms with Crippen molar-refractivity contribution in [3.8, 4) is 0 Å². The third kappa shape index (κ3) is 3.23. The first kappa shape index (κ1) is 14.1. The molecule has 2 nitrogen and oxygen atoms in total. The molecule has 0 bridgehead atoms. The molecule has 2 aromatic carbocycles. The van der Waals surface area contributed by atoms with E-state index in [1.54, 1.807) is 5.57 Å². The fourth-order valence-electron chi connectivity index (χ4n) is 2.97. The highest BCUT2D eigenvalue weighted by atomic mass is 14.9. The molecular weight excluding hydrogens is 256 g/mol. The summed E-state index contributed by atoms with van der Waals surface area (Å²) in [4.78, 5) is 0. The van der Waals surface area contributed by atoms with E-state index in [4.69, 9.17) is 5.73 Å². The summed E-state index contributed by atoms with van der Waals surface area (Å²) in [7, 11) is 0. The maximum Gasteiger partial charge on any atom is 0.0178 e. The minimum Gasteiger partial charge on any atom is -0.326 e. The van der Waals surface area contributed by atoms with Crippen LogP contribution in [0.25, 0.3) is 5.57 Å². The second-order valence-electron chi connectivity index (χ2n) is 5.50. The molecule has 21 heavy (non-hydrogen) atoms. The van der Waals surface area contributed by atoms with Gasteiger partial charge in [-0.25, -0.2) is 0 Å². The highest BCUT2D eigenvalue weighted by Gasteiger charge is 2.14. The molecule has 0 aromatic heterocycles. The van der Waals surface area contributed by atoms with E-state index in [0.29, 0.717) is 6.54 Å². The Balaban J connectivity index is 2.07. The molecule has 3 rings (SSSR count). The predicted molar refractivity (Wildman–Crippen MR) is 88.9 cm³/mol. The lowest BCUT2D eigenvalue weighted by Gasteiger charge is -2.21. The first-order valence-corrected chi connectivity index (χ1v) is 7.66. The van der Waals surface area contributed by atoms with Gasteiger partial charge in [-0.05, 0) is 48.2 Å². The van der Waals surface area contributed by atoms with Crippen LogP contribution in [0.15, 0.2) is 60.2 Å². The van der Waals surface area contributed by atoms with Gasteiger partial charge in [0.2, 0.25) is 0 Å². The molecule has 1 aliphatic rings. The quantitative estimate of drug-likeness (QED) is 0.903. The van der Waals surface area contributed by atoms with Crippen molar-refractivity contribution in [2.24, 2.45) is 5.73 Å². The van der Waals surface area contributed by atoms with Crippen molar-refractivity contribution in [2.45, 2.75) is 19.4 Å². The van der Waals surface area contributed by atoms with Gasteiger partial charge in [0, 0.05) is 6.54 Å². The smallest absolute Gasteiger partial charge is 0.0178 e. The van der Waals surface area contributed by atoms with E-state index in [2.05, 4.69) is 59.9 Å². The molecule has 0 aliphatic carbocycles. The lowest BCUT2D eigenvalue weighted by Crippen LogP contribution is -2.23. The summed E-state index contributed by atoms with van der Waals surface area (Å²) in [5.74, 6) is 0. The van der Waals surface area contributed by atoms with Gasteiger partial charge < -0.3 is 11.1 Å². The van der Waals surface area contributed by atoms with Crippen LogP contribution in [0.5, 0.6) is 0 Å². The van der Waals surface area contributed by atoms with Crippen molar-refractivity contribution >= 4 is 5.57 Å². The maximum atomic E-state index is 5.71. The first-order valence-electron chi connectivity index (χ1n) is 7.66. The van der Waals surface area contributed by atoms with Gasteiger partial charge in [-0.1, -0.05) is 60.2 Å². The van der Waals surface area contributed by atoms with E-state index in [-0.39, 0.29) is 0 Å². The maximum absolute atomic E-state index is 5.71. The SMILES string of the molecule is NCc1ccc(C(=C2CCNCC2)c2ccccc2)cc1. The number of rotatable bonds is 3. The second-order valence-corrected chi connectivity index (χ2v) is 5.50. The Morgan fingerprint density at radius 1 is 0.857 bits per heavy atom. The summed E-state index contributed by atoms with van der Waals surface area (Å²) >= 11 is 0. The Hall–Kier alpha value is -1.90. The van der Waals surface area contributed by atoms with Gasteiger partial charge in [0.15, 0.2) is 0 Å². The van der Waals surface area contributed by atoms with Crippen molar-refractivity contribution in [1.29, 1.82) is 0 Å². The summed E-state index contributed by atoms with van der Waals surface area (Å²) in [6.45, 7) is 2.75. The summed E-state index contributed by atoms with van der Waals surface area (Å²) in [5.41, 5.74) is 12.5. The molecule has 0 spiro atoms. The first-order chi connectivity index (χ1) is 10.4. The average molecular weight is 278 g/mol. The molecule has 0 amide bonds. The van der Waals surface area contributed by atoms with E-state index in [9.17, 15) is 0 Å². The Labute approximate surface area is 126 Å². The summed E-state index contributed by atoms with van der Waals surface area (Å²) in [6.07, 6.45) is 2.26. The van der Waals surface area contributed by atoms with Crippen LogP contribution in [0.4, 0.5) is 0 Å². The van der Waals surface area contributed by atoms with Gasteiger partial charge in [-0.2, -0.15) is 0 Å². The van der Waals surface area contributed by atoms with Crippen LogP contribution in [-0.2, 0) is 6.54 Å². The molecule has 108 valence electrons. The van der Waals surface area contributed by atoms with Crippen LogP contribution >= 0.6 is 0 Å². The number of hydrogen-bond donors (Lipinski definition) is 2. The number of nitrogens with one attached hydrogen (secondary N) is 1. The topological polar surface area (TPSA) is 38.0 Å². The average Bonchev–Trinajstić information content (AvgIpc) is 2.58. The van der Waals surface area contributed by atoms with E-state index < -0.39 is 0 Å². The van der Waals surface area contributed by atoms with Gasteiger partial charge in [0.1, 0.15) is 0 Å². The van der Waals surface area contributed by atoms with Crippen LogP contribution in [0, 0.1) is 0 Å². The Bertz CT molecular complexity index is 604. The normalized spacial score (nSPS) is 15.0. The van der Waals surface area contributed by atoms with Gasteiger partial charge in [-0.3, -0.25) is 0 Å². The predicted octanol–water partition coefficient (Wildman–Crippen LogP) is 3.33. The van der Waals surface area contributed by atoms with Crippen molar-refractivity contribution in [1.82, 2.24) is 5.32 Å². The lowest BCUT2D eigenvalue weighted by atomic mass is 9.88. The zero-order valence-corrected chi connectivity index (χ0v) is 12.3. The van der Waals surface area contributed by atoms with Crippen LogP contribution < -0.4 is 11.1 Å². The molecule has 3 N–H and O–H groups in total. The highest BCUT2D eigenvalue weighted by Crippen LogP contribution is 2.31. The van der Waals surface area contributed by atoms with Crippen LogP contribution in [0.3, 0.4) is 0 Å². The third-order valence-corrected chi connectivity index (χ3v) is 4.10. The zero-order chi connectivity index (χ0) is 14.5. The Morgan fingerprint density at radius 2 is 1.48 bits per heavy atom. The highest BCUT2D eigenvalue weighted by molar-refractivity contribution is 5.82. The fraction of sp³-hybridized carbons (Fsp3) is 0.263. The Morgan fingerprint density at radius 3 is 2.10 bits per heavy atom. The van der Waals surface area contributed by atoms with Crippen molar-refractivity contribution in [2.75, 3.05) is 13.1 Å². The second kappa shape index (κ2) is 6.70. The van der Waals surface area contributed by atoms with Crippen molar-refractivity contribution in [3.63, 3.8) is 0 Å². The lowest BCUT2D eigenvalue weighted by molar-refractivity contribution is 0.611. The van der Waals surface area contributed by atoms with E-state index in [0.717, 1.165) is 25.9 Å². The molecule has 1 aliphatic heterocycles. The van der Waals surface area contributed by atoms with Gasteiger partial charge in [-0.15, -0.1) is 0 Å². The Kier molecular flexibility index (Phi) is 4.49. The number of piperidine rings is 1. The molecule has 0 radical (unpaired) electrons. The van der Waals surface area contributed by atoms with Crippen molar-refractivity contribution in [3.05, 3.63) is 76.9 Å². The minimum absolute atomic E-state index is 0.599. The van der Waals surface area contributed by atoms with Crippen LogP contribution in [0.2, 0.25) is 0 Å². The molecule has 1 heterocycles. The number of nitrogens with two attached hydrogens (primary N) is 1. The zero-order valence-electron chi connectivity index (χ0n) is 12.3. The largest absolute Gasteiger partial charge is 0.326 e. The molecule has 1 saturated heterocycles. The standard InChI is InChI=1S/C19H22N2/c20-14-15-6-8-17(9-7-15)19(16-4-2-1-3-5-16)18-10-12-21-13-11-18/h1-9,21H,10-14,20H2. The number of hydrogen-bond acceptors (Lipinski definition) is 2. The molecule has 0 saturated carbocycles. The summed E-state index contributed by atoms with van der Waals surface area (Å²) in [5, 5.41) is 3.44. The number of benzene rings is 2. The summed E-state index contributed by atoms with van der Waals surface area (Å²) < 4.78 is 0.